The van der Waals surface area contributed by atoms with Crippen LogP contribution in [0.15, 0.2) is 60.0 Å². The molecule has 2 aromatic carbocycles. The standard InChI is InChI=1S/C22H22N4O4S/c1-28-18-8-15(9-19(10-18)29-2)11-24-26-22(27)21-13-23-12-20(25-21)16-4-6-17(7-5-16)30-14-31-3/h4-13H,14H2,1-3H3,(H,26,27)/b24-11+. The molecule has 0 unspecified atom stereocenters. The van der Waals surface area contributed by atoms with Crippen LogP contribution in [0.5, 0.6) is 17.2 Å². The van der Waals surface area contributed by atoms with Crippen LogP contribution in [0.2, 0.25) is 0 Å². The second kappa shape index (κ2) is 11.0. The molecule has 0 bridgehead atoms. The fourth-order valence-corrected chi connectivity index (χ4v) is 2.84. The lowest BCUT2D eigenvalue weighted by molar-refractivity contribution is 0.0950. The molecular weight excluding hydrogens is 416 g/mol. The first-order chi connectivity index (χ1) is 15.1. The van der Waals surface area contributed by atoms with Crippen molar-refractivity contribution < 1.29 is 19.0 Å². The van der Waals surface area contributed by atoms with E-state index in [-0.39, 0.29) is 5.69 Å². The van der Waals surface area contributed by atoms with Crippen molar-refractivity contribution in [2.45, 2.75) is 0 Å². The Morgan fingerprint density at radius 1 is 1.06 bits per heavy atom. The van der Waals surface area contributed by atoms with Crippen LogP contribution in [0.25, 0.3) is 11.3 Å². The third-order valence-corrected chi connectivity index (χ3v) is 4.47. The van der Waals surface area contributed by atoms with E-state index >= 15 is 0 Å². The predicted molar refractivity (Wildman–Crippen MR) is 121 cm³/mol. The minimum atomic E-state index is -0.472. The number of aromatic nitrogens is 2. The molecule has 31 heavy (non-hydrogen) atoms. The fourth-order valence-electron chi connectivity index (χ4n) is 2.59. The average Bonchev–Trinajstić information content (AvgIpc) is 2.82. The Morgan fingerprint density at radius 2 is 1.77 bits per heavy atom. The largest absolute Gasteiger partial charge is 0.497 e. The second-order valence-corrected chi connectivity index (χ2v) is 7.02. The number of benzene rings is 2. The number of hydrazone groups is 1. The predicted octanol–water partition coefficient (Wildman–Crippen LogP) is 3.62. The summed E-state index contributed by atoms with van der Waals surface area (Å²) in [6.07, 6.45) is 6.45. The van der Waals surface area contributed by atoms with Gasteiger partial charge in [0.2, 0.25) is 0 Å². The summed E-state index contributed by atoms with van der Waals surface area (Å²) >= 11 is 1.60. The Balaban J connectivity index is 1.68. The Labute approximate surface area is 184 Å². The smallest absolute Gasteiger partial charge is 0.291 e. The molecule has 9 heteroatoms. The maximum absolute atomic E-state index is 12.4. The van der Waals surface area contributed by atoms with Gasteiger partial charge in [-0.3, -0.25) is 9.78 Å². The molecule has 0 spiro atoms. The van der Waals surface area contributed by atoms with Gasteiger partial charge >= 0.3 is 0 Å². The lowest BCUT2D eigenvalue weighted by atomic mass is 10.1. The van der Waals surface area contributed by atoms with Gasteiger partial charge in [-0.2, -0.15) is 5.10 Å². The number of nitrogens with zero attached hydrogens (tertiary/aromatic N) is 3. The molecule has 0 radical (unpaired) electrons. The molecule has 3 aromatic rings. The first-order valence-electron chi connectivity index (χ1n) is 9.23. The van der Waals surface area contributed by atoms with Gasteiger partial charge in [-0.15, -0.1) is 11.8 Å². The second-order valence-electron chi connectivity index (χ2n) is 6.21. The molecule has 1 amide bonds. The van der Waals surface area contributed by atoms with E-state index < -0.39 is 5.91 Å². The number of amides is 1. The number of nitrogens with one attached hydrogen (secondary N) is 1. The van der Waals surface area contributed by atoms with Gasteiger partial charge in [0.15, 0.2) is 0 Å². The molecule has 0 atom stereocenters. The molecule has 3 rings (SSSR count). The third kappa shape index (κ3) is 6.19. The first-order valence-corrected chi connectivity index (χ1v) is 10.6. The van der Waals surface area contributed by atoms with E-state index in [1.165, 1.54) is 12.4 Å². The van der Waals surface area contributed by atoms with Gasteiger partial charge in [-0.05, 0) is 42.7 Å². The lowest BCUT2D eigenvalue weighted by Gasteiger charge is -2.06. The van der Waals surface area contributed by atoms with E-state index in [4.69, 9.17) is 14.2 Å². The SMILES string of the molecule is COc1cc(/C=N/NC(=O)c2cncc(-c3ccc(OCSC)cc3)n2)cc(OC)c1. The number of thioether (sulfide) groups is 1. The van der Waals surface area contributed by atoms with Gasteiger partial charge in [-0.25, -0.2) is 10.4 Å². The number of ether oxygens (including phenoxy) is 3. The molecule has 8 nitrogen and oxygen atoms in total. The Hall–Kier alpha value is -3.59. The molecule has 1 heterocycles. The monoisotopic (exact) mass is 438 g/mol. The number of hydrogen-bond donors (Lipinski definition) is 1. The highest BCUT2D eigenvalue weighted by Gasteiger charge is 2.09. The van der Waals surface area contributed by atoms with E-state index in [9.17, 15) is 4.79 Å². The van der Waals surface area contributed by atoms with Gasteiger partial charge in [0.05, 0.1) is 38.5 Å². The lowest BCUT2D eigenvalue weighted by Crippen LogP contribution is -2.19. The maximum atomic E-state index is 12.4. The van der Waals surface area contributed by atoms with Crippen molar-refractivity contribution in [1.82, 2.24) is 15.4 Å². The third-order valence-electron chi connectivity index (χ3n) is 4.11. The quantitative estimate of drug-likeness (QED) is 0.310. The van der Waals surface area contributed by atoms with Crippen LogP contribution in [0.3, 0.4) is 0 Å². The molecule has 160 valence electrons. The summed E-state index contributed by atoms with van der Waals surface area (Å²) in [4.78, 5) is 20.9. The van der Waals surface area contributed by atoms with Crippen LogP contribution in [-0.4, -0.2) is 48.5 Å². The minimum Gasteiger partial charge on any atom is -0.497 e. The summed E-state index contributed by atoms with van der Waals surface area (Å²) < 4.78 is 16.0. The highest BCUT2D eigenvalue weighted by atomic mass is 32.2. The van der Waals surface area contributed by atoms with E-state index in [2.05, 4.69) is 20.5 Å². The number of carbonyl (C=O) groups excluding carboxylic acids is 1. The molecule has 1 N–H and O–H groups in total. The van der Waals surface area contributed by atoms with E-state index in [1.54, 1.807) is 50.4 Å². The highest BCUT2D eigenvalue weighted by molar-refractivity contribution is 7.98. The van der Waals surface area contributed by atoms with Crippen molar-refractivity contribution in [3.05, 3.63) is 66.1 Å². The molecule has 0 aliphatic rings. The van der Waals surface area contributed by atoms with E-state index in [0.29, 0.717) is 28.7 Å². The highest BCUT2D eigenvalue weighted by Crippen LogP contribution is 2.22. The van der Waals surface area contributed by atoms with Crippen molar-refractivity contribution in [2.24, 2.45) is 5.10 Å². The van der Waals surface area contributed by atoms with Crippen molar-refractivity contribution in [3.63, 3.8) is 0 Å². The molecule has 0 saturated heterocycles. The first kappa shape index (κ1) is 22.1. The van der Waals surface area contributed by atoms with Crippen LogP contribution < -0.4 is 19.6 Å². The zero-order valence-corrected chi connectivity index (χ0v) is 18.2. The van der Waals surface area contributed by atoms with Crippen molar-refractivity contribution >= 4 is 23.9 Å². The number of hydrogen-bond acceptors (Lipinski definition) is 8. The summed E-state index contributed by atoms with van der Waals surface area (Å²) in [5.74, 6) is 2.12. The van der Waals surface area contributed by atoms with Gasteiger partial charge in [0.25, 0.3) is 5.91 Å². The van der Waals surface area contributed by atoms with E-state index in [1.807, 2.05) is 30.5 Å². The molecule has 0 fully saturated rings. The van der Waals surface area contributed by atoms with Crippen LogP contribution >= 0.6 is 11.8 Å². The zero-order chi connectivity index (χ0) is 22.1. The molecule has 1 aromatic heterocycles. The number of carbonyl (C=O) groups is 1. The molecule has 0 aliphatic carbocycles. The average molecular weight is 439 g/mol. The normalized spacial score (nSPS) is 10.7. The van der Waals surface area contributed by atoms with Crippen LogP contribution in [-0.2, 0) is 0 Å². The van der Waals surface area contributed by atoms with Gasteiger partial charge in [0, 0.05) is 17.2 Å². The van der Waals surface area contributed by atoms with E-state index in [0.717, 1.165) is 11.3 Å². The fraction of sp³-hybridized carbons (Fsp3) is 0.182. The topological polar surface area (TPSA) is 94.9 Å². The van der Waals surface area contributed by atoms with Crippen molar-refractivity contribution in [2.75, 3.05) is 26.4 Å². The number of methoxy groups -OCH3 is 2. The minimum absolute atomic E-state index is 0.153. The van der Waals surface area contributed by atoms with Gasteiger partial charge < -0.3 is 14.2 Å². The van der Waals surface area contributed by atoms with Crippen molar-refractivity contribution in [1.29, 1.82) is 0 Å². The van der Waals surface area contributed by atoms with Crippen LogP contribution in [0.1, 0.15) is 16.1 Å². The Morgan fingerprint density at radius 3 is 2.42 bits per heavy atom. The summed E-state index contributed by atoms with van der Waals surface area (Å²) in [5.41, 5.74) is 4.72. The number of rotatable bonds is 9. The summed E-state index contributed by atoms with van der Waals surface area (Å²) in [7, 11) is 3.13. The maximum Gasteiger partial charge on any atom is 0.291 e. The van der Waals surface area contributed by atoms with Crippen LogP contribution in [0, 0.1) is 0 Å². The molecular formula is C22H22N4O4S. The van der Waals surface area contributed by atoms with Gasteiger partial charge in [0.1, 0.15) is 28.9 Å². The molecule has 0 saturated carbocycles. The zero-order valence-electron chi connectivity index (χ0n) is 17.4. The summed E-state index contributed by atoms with van der Waals surface area (Å²) in [6.45, 7) is 0. The Kier molecular flexibility index (Phi) is 7.83. The van der Waals surface area contributed by atoms with Crippen LogP contribution in [0.4, 0.5) is 0 Å². The summed E-state index contributed by atoms with van der Waals surface area (Å²) in [5, 5.41) is 3.99. The Bertz CT molecular complexity index is 1040. The summed E-state index contributed by atoms with van der Waals surface area (Å²) in [6, 6.07) is 12.7. The van der Waals surface area contributed by atoms with Crippen molar-refractivity contribution in [3.8, 4) is 28.5 Å². The molecule has 0 aliphatic heterocycles. The van der Waals surface area contributed by atoms with Gasteiger partial charge in [-0.1, -0.05) is 0 Å².